The van der Waals surface area contributed by atoms with Crippen molar-refractivity contribution < 1.29 is 9.13 Å². The molecule has 1 aromatic heterocycles. The van der Waals surface area contributed by atoms with Gasteiger partial charge in [0.05, 0.1) is 24.6 Å². The van der Waals surface area contributed by atoms with E-state index in [0.29, 0.717) is 18.9 Å². The zero-order chi connectivity index (χ0) is 10.6. The summed E-state index contributed by atoms with van der Waals surface area (Å²) in [5, 5.41) is 0. The molecular formula is C10H15FN2O. The highest BCUT2D eigenvalue weighted by Gasteiger charge is 2.09. The van der Waals surface area contributed by atoms with Crippen LogP contribution in [0.2, 0.25) is 0 Å². The van der Waals surface area contributed by atoms with Gasteiger partial charge in [-0.2, -0.15) is 0 Å². The average Bonchev–Trinajstić information content (AvgIpc) is 2.06. The molecule has 78 valence electrons. The minimum Gasteiger partial charge on any atom is -0.375 e. The van der Waals surface area contributed by atoms with Gasteiger partial charge in [0.15, 0.2) is 5.82 Å². The Morgan fingerprint density at radius 1 is 1.29 bits per heavy atom. The van der Waals surface area contributed by atoms with Gasteiger partial charge < -0.3 is 4.74 Å². The fraction of sp³-hybridized carbons (Fsp3) is 0.600. The van der Waals surface area contributed by atoms with Gasteiger partial charge in [-0.25, -0.2) is 14.4 Å². The lowest BCUT2D eigenvalue weighted by Gasteiger charge is -2.18. The Bertz CT molecular complexity index is 279. The number of nitrogens with zero attached hydrogens (tertiary/aromatic N) is 2. The van der Waals surface area contributed by atoms with Crippen LogP contribution in [0.1, 0.15) is 26.6 Å². The van der Waals surface area contributed by atoms with Crippen LogP contribution in [0.4, 0.5) is 4.39 Å². The maximum atomic E-state index is 12.4. The SMILES string of the molecule is CC(C)(C)OCCc1ncc(F)cn1. The molecule has 0 radical (unpaired) electrons. The van der Waals surface area contributed by atoms with Crippen LogP contribution < -0.4 is 0 Å². The van der Waals surface area contributed by atoms with Crippen LogP contribution in [0.3, 0.4) is 0 Å². The molecule has 1 aromatic rings. The van der Waals surface area contributed by atoms with Crippen molar-refractivity contribution in [2.24, 2.45) is 0 Å². The van der Waals surface area contributed by atoms with Gasteiger partial charge >= 0.3 is 0 Å². The van der Waals surface area contributed by atoms with Crippen LogP contribution in [-0.4, -0.2) is 22.2 Å². The van der Waals surface area contributed by atoms with E-state index in [1.807, 2.05) is 20.8 Å². The van der Waals surface area contributed by atoms with Gasteiger partial charge in [0.1, 0.15) is 5.82 Å². The molecule has 0 aliphatic rings. The first kappa shape index (κ1) is 11.0. The summed E-state index contributed by atoms with van der Waals surface area (Å²) >= 11 is 0. The van der Waals surface area contributed by atoms with Gasteiger partial charge in [0, 0.05) is 6.42 Å². The van der Waals surface area contributed by atoms with E-state index >= 15 is 0 Å². The van der Waals surface area contributed by atoms with E-state index < -0.39 is 5.82 Å². The molecule has 0 atom stereocenters. The summed E-state index contributed by atoms with van der Waals surface area (Å²) in [5.74, 6) is 0.195. The monoisotopic (exact) mass is 198 g/mol. The average molecular weight is 198 g/mol. The van der Waals surface area contributed by atoms with Crippen LogP contribution in [0.15, 0.2) is 12.4 Å². The summed E-state index contributed by atoms with van der Waals surface area (Å²) in [7, 11) is 0. The molecule has 0 fully saturated rings. The third kappa shape index (κ3) is 4.28. The van der Waals surface area contributed by atoms with Crippen LogP contribution in [-0.2, 0) is 11.2 Å². The minimum absolute atomic E-state index is 0.153. The normalized spacial score (nSPS) is 11.7. The molecule has 0 aliphatic carbocycles. The zero-order valence-corrected chi connectivity index (χ0v) is 8.75. The topological polar surface area (TPSA) is 35.0 Å². The van der Waals surface area contributed by atoms with E-state index in [-0.39, 0.29) is 5.60 Å². The first-order valence-corrected chi connectivity index (χ1v) is 4.58. The van der Waals surface area contributed by atoms with E-state index in [2.05, 4.69) is 9.97 Å². The Hall–Kier alpha value is -1.03. The van der Waals surface area contributed by atoms with Crippen LogP contribution in [0.25, 0.3) is 0 Å². The third-order valence-electron chi connectivity index (χ3n) is 1.53. The van der Waals surface area contributed by atoms with Crippen molar-refractivity contribution in [3.63, 3.8) is 0 Å². The molecule has 1 heterocycles. The summed E-state index contributed by atoms with van der Waals surface area (Å²) in [6.45, 7) is 6.50. The van der Waals surface area contributed by atoms with Crippen molar-refractivity contribution in [3.05, 3.63) is 24.0 Å². The molecule has 0 aliphatic heterocycles. The molecule has 0 aromatic carbocycles. The number of halogens is 1. The van der Waals surface area contributed by atoms with Crippen molar-refractivity contribution in [1.29, 1.82) is 0 Å². The van der Waals surface area contributed by atoms with Crippen LogP contribution in [0.5, 0.6) is 0 Å². The van der Waals surface area contributed by atoms with E-state index in [0.717, 1.165) is 0 Å². The second-order valence-electron chi connectivity index (χ2n) is 4.03. The summed E-state index contributed by atoms with van der Waals surface area (Å²) in [5.41, 5.74) is -0.153. The Balaban J connectivity index is 2.35. The first-order chi connectivity index (χ1) is 6.47. The molecule has 3 nitrogen and oxygen atoms in total. The van der Waals surface area contributed by atoms with Crippen LogP contribution >= 0.6 is 0 Å². The van der Waals surface area contributed by atoms with E-state index in [4.69, 9.17) is 4.74 Å². The van der Waals surface area contributed by atoms with Gasteiger partial charge in [-0.1, -0.05) is 0 Å². The summed E-state index contributed by atoms with van der Waals surface area (Å²) in [6, 6.07) is 0. The predicted molar refractivity (Wildman–Crippen MR) is 51.4 cm³/mol. The van der Waals surface area contributed by atoms with Gasteiger partial charge in [-0.05, 0) is 20.8 Å². The Morgan fingerprint density at radius 3 is 2.36 bits per heavy atom. The highest BCUT2D eigenvalue weighted by molar-refractivity contribution is 4.91. The molecule has 14 heavy (non-hydrogen) atoms. The summed E-state index contributed by atoms with van der Waals surface area (Å²) in [6.07, 6.45) is 2.94. The maximum Gasteiger partial charge on any atom is 0.159 e. The second-order valence-corrected chi connectivity index (χ2v) is 4.03. The zero-order valence-electron chi connectivity index (χ0n) is 8.75. The molecular weight excluding hydrogens is 183 g/mol. The fourth-order valence-electron chi connectivity index (χ4n) is 0.917. The van der Waals surface area contributed by atoms with Crippen molar-refractivity contribution in [1.82, 2.24) is 9.97 Å². The highest BCUT2D eigenvalue weighted by Crippen LogP contribution is 2.06. The number of hydrogen-bond donors (Lipinski definition) is 0. The summed E-state index contributed by atoms with van der Waals surface area (Å²) < 4.78 is 17.9. The largest absolute Gasteiger partial charge is 0.375 e. The molecule has 0 amide bonds. The molecule has 0 saturated carbocycles. The number of rotatable bonds is 3. The first-order valence-electron chi connectivity index (χ1n) is 4.58. The number of hydrogen-bond acceptors (Lipinski definition) is 3. The smallest absolute Gasteiger partial charge is 0.159 e. The predicted octanol–water partition coefficient (Wildman–Crippen LogP) is 1.97. The van der Waals surface area contributed by atoms with Crippen molar-refractivity contribution in [2.45, 2.75) is 32.8 Å². The fourth-order valence-corrected chi connectivity index (χ4v) is 0.917. The van der Waals surface area contributed by atoms with Crippen LogP contribution in [0, 0.1) is 5.82 Å². The van der Waals surface area contributed by atoms with Crippen molar-refractivity contribution in [2.75, 3.05) is 6.61 Å². The lowest BCUT2D eigenvalue weighted by Crippen LogP contribution is -2.21. The quantitative estimate of drug-likeness (QED) is 0.744. The van der Waals surface area contributed by atoms with Crippen molar-refractivity contribution >= 4 is 0 Å². The number of aromatic nitrogens is 2. The Morgan fingerprint density at radius 2 is 1.86 bits per heavy atom. The van der Waals surface area contributed by atoms with E-state index in [9.17, 15) is 4.39 Å². The molecule has 0 N–H and O–H groups in total. The van der Waals surface area contributed by atoms with Gasteiger partial charge in [-0.15, -0.1) is 0 Å². The van der Waals surface area contributed by atoms with E-state index in [1.165, 1.54) is 12.4 Å². The molecule has 4 heteroatoms. The third-order valence-corrected chi connectivity index (χ3v) is 1.53. The standard InChI is InChI=1S/C10H15FN2O/c1-10(2,3)14-5-4-9-12-6-8(11)7-13-9/h6-7H,4-5H2,1-3H3. The maximum absolute atomic E-state index is 12.4. The van der Waals surface area contributed by atoms with Gasteiger partial charge in [-0.3, -0.25) is 0 Å². The molecule has 1 rings (SSSR count). The Kier molecular flexibility index (Phi) is 3.52. The summed E-state index contributed by atoms with van der Waals surface area (Å²) in [4.78, 5) is 7.66. The minimum atomic E-state index is -0.412. The van der Waals surface area contributed by atoms with Crippen molar-refractivity contribution in [3.8, 4) is 0 Å². The Labute approximate surface area is 83.3 Å². The molecule has 0 spiro atoms. The number of ether oxygens (including phenoxy) is 1. The second kappa shape index (κ2) is 4.46. The molecule has 0 bridgehead atoms. The van der Waals surface area contributed by atoms with Gasteiger partial charge in [0.25, 0.3) is 0 Å². The van der Waals surface area contributed by atoms with E-state index in [1.54, 1.807) is 0 Å². The molecule has 0 saturated heterocycles. The lowest BCUT2D eigenvalue weighted by molar-refractivity contribution is -0.00160. The van der Waals surface area contributed by atoms with Gasteiger partial charge in [0.2, 0.25) is 0 Å². The lowest BCUT2D eigenvalue weighted by atomic mass is 10.2. The molecule has 0 unspecified atom stereocenters. The highest BCUT2D eigenvalue weighted by atomic mass is 19.1.